The molecular weight excluding hydrogens is 361 g/mol. The van der Waals surface area contributed by atoms with Gasteiger partial charge in [-0.3, -0.25) is 4.79 Å². The third-order valence-electron chi connectivity index (χ3n) is 3.75. The Morgan fingerprint density at radius 2 is 1.72 bits per heavy atom. The average Bonchev–Trinajstić information content (AvgIpc) is 2.52. The Kier molecular flexibility index (Phi) is 14.9. The standard InChI is InChI=1S/C18H31N3O2.2ClH/c1-5-21(6-2)11-12-23-16-9-7-15(8-10-16)20-18(22)17(19)13-14(3)4;;/h7-10,14,17H,5-6,11-13,19H2,1-4H3,(H,20,22);2*1H/t17-;;/m0../s1. The van der Waals surface area contributed by atoms with E-state index >= 15 is 0 Å². The van der Waals surface area contributed by atoms with E-state index in [2.05, 4.69) is 37.9 Å². The van der Waals surface area contributed by atoms with Crippen LogP contribution in [-0.2, 0) is 4.79 Å². The summed E-state index contributed by atoms with van der Waals surface area (Å²) in [4.78, 5) is 14.3. The van der Waals surface area contributed by atoms with Crippen molar-refractivity contribution >= 4 is 36.4 Å². The van der Waals surface area contributed by atoms with Crippen molar-refractivity contribution in [2.24, 2.45) is 11.7 Å². The molecule has 0 heterocycles. The van der Waals surface area contributed by atoms with Gasteiger partial charge in [0.05, 0.1) is 6.04 Å². The van der Waals surface area contributed by atoms with Gasteiger partial charge in [0.1, 0.15) is 12.4 Å². The highest BCUT2D eigenvalue weighted by Crippen LogP contribution is 2.16. The van der Waals surface area contributed by atoms with Crippen molar-refractivity contribution in [2.45, 2.75) is 40.2 Å². The second kappa shape index (κ2) is 14.2. The zero-order valence-corrected chi connectivity index (χ0v) is 17.3. The fourth-order valence-electron chi connectivity index (χ4n) is 2.32. The van der Waals surface area contributed by atoms with Crippen molar-refractivity contribution < 1.29 is 9.53 Å². The molecule has 1 aromatic carbocycles. The molecule has 1 rings (SSSR count). The number of carbonyl (C=O) groups excluding carboxylic acids is 1. The Bertz CT molecular complexity index is 466. The molecule has 1 atom stereocenters. The molecule has 0 fully saturated rings. The van der Waals surface area contributed by atoms with E-state index < -0.39 is 6.04 Å². The number of rotatable bonds is 10. The molecule has 7 heteroatoms. The predicted octanol–water partition coefficient (Wildman–Crippen LogP) is 3.56. The third kappa shape index (κ3) is 10.5. The monoisotopic (exact) mass is 393 g/mol. The van der Waals surface area contributed by atoms with E-state index in [9.17, 15) is 4.79 Å². The van der Waals surface area contributed by atoms with Crippen LogP contribution in [0.2, 0.25) is 0 Å². The summed E-state index contributed by atoms with van der Waals surface area (Å²) in [5, 5.41) is 2.84. The lowest BCUT2D eigenvalue weighted by atomic mass is 10.0. The minimum Gasteiger partial charge on any atom is -0.492 e. The van der Waals surface area contributed by atoms with Gasteiger partial charge in [0.15, 0.2) is 0 Å². The quantitative estimate of drug-likeness (QED) is 0.637. The maximum atomic E-state index is 12.0. The first-order valence-electron chi connectivity index (χ1n) is 8.47. The van der Waals surface area contributed by atoms with Crippen LogP contribution in [0.4, 0.5) is 5.69 Å². The molecule has 0 saturated carbocycles. The minimum atomic E-state index is -0.472. The Morgan fingerprint density at radius 1 is 1.16 bits per heavy atom. The summed E-state index contributed by atoms with van der Waals surface area (Å²) in [6.07, 6.45) is 0.679. The number of likely N-dealkylation sites (N-methyl/N-ethyl adjacent to an activating group) is 1. The van der Waals surface area contributed by atoms with Gasteiger partial charge in [-0.25, -0.2) is 0 Å². The van der Waals surface area contributed by atoms with Gasteiger partial charge in [-0.2, -0.15) is 0 Å². The molecule has 25 heavy (non-hydrogen) atoms. The molecule has 0 aliphatic rings. The maximum absolute atomic E-state index is 12.0. The van der Waals surface area contributed by atoms with Gasteiger partial charge in [-0.05, 0) is 49.7 Å². The first-order valence-corrected chi connectivity index (χ1v) is 8.47. The molecule has 1 aromatic rings. The number of nitrogens with zero attached hydrogens (tertiary/aromatic N) is 1. The average molecular weight is 394 g/mol. The van der Waals surface area contributed by atoms with Gasteiger partial charge in [0, 0.05) is 12.2 Å². The Hall–Kier alpha value is -1.01. The zero-order chi connectivity index (χ0) is 17.2. The van der Waals surface area contributed by atoms with E-state index in [1.807, 2.05) is 24.3 Å². The number of ether oxygens (including phenoxy) is 1. The lowest BCUT2D eigenvalue weighted by molar-refractivity contribution is -0.117. The number of hydrogen-bond donors (Lipinski definition) is 2. The molecule has 146 valence electrons. The molecule has 3 N–H and O–H groups in total. The van der Waals surface area contributed by atoms with Crippen LogP contribution in [-0.4, -0.2) is 43.1 Å². The van der Waals surface area contributed by atoms with Crippen molar-refractivity contribution in [1.29, 1.82) is 0 Å². The molecule has 0 spiro atoms. The van der Waals surface area contributed by atoms with Gasteiger partial charge in [0.25, 0.3) is 0 Å². The first kappa shape index (κ1) is 26.2. The van der Waals surface area contributed by atoms with Crippen molar-refractivity contribution in [2.75, 3.05) is 31.6 Å². The molecule has 0 aliphatic heterocycles. The van der Waals surface area contributed by atoms with Gasteiger partial charge < -0.3 is 20.7 Å². The third-order valence-corrected chi connectivity index (χ3v) is 3.75. The number of nitrogens with two attached hydrogens (primary N) is 1. The van der Waals surface area contributed by atoms with Crippen LogP contribution < -0.4 is 15.8 Å². The van der Waals surface area contributed by atoms with Crippen molar-refractivity contribution in [3.8, 4) is 5.75 Å². The summed E-state index contributed by atoms with van der Waals surface area (Å²) in [7, 11) is 0. The van der Waals surface area contributed by atoms with E-state index in [0.717, 1.165) is 31.1 Å². The SMILES string of the molecule is CCN(CC)CCOc1ccc(NC(=O)[C@@H](N)CC(C)C)cc1.Cl.Cl. The van der Waals surface area contributed by atoms with E-state index in [1.165, 1.54) is 0 Å². The number of benzene rings is 1. The molecule has 0 aromatic heterocycles. The molecule has 5 nitrogen and oxygen atoms in total. The summed E-state index contributed by atoms with van der Waals surface area (Å²) in [5.74, 6) is 1.06. The number of hydrogen-bond acceptors (Lipinski definition) is 4. The van der Waals surface area contributed by atoms with Gasteiger partial charge in [-0.15, -0.1) is 24.8 Å². The van der Waals surface area contributed by atoms with Crippen LogP contribution in [0.25, 0.3) is 0 Å². The number of halogens is 2. The van der Waals surface area contributed by atoms with Crippen LogP contribution in [0.5, 0.6) is 5.75 Å². The van der Waals surface area contributed by atoms with Crippen molar-refractivity contribution in [3.63, 3.8) is 0 Å². The second-order valence-electron chi connectivity index (χ2n) is 6.13. The lowest BCUT2D eigenvalue weighted by Gasteiger charge is -2.18. The molecule has 1 amide bonds. The van der Waals surface area contributed by atoms with E-state index in [1.54, 1.807) is 0 Å². The number of carbonyl (C=O) groups is 1. The van der Waals surface area contributed by atoms with Crippen LogP contribution in [0.3, 0.4) is 0 Å². The van der Waals surface area contributed by atoms with Gasteiger partial charge in [0.2, 0.25) is 5.91 Å². The lowest BCUT2D eigenvalue weighted by Crippen LogP contribution is -2.36. The number of amides is 1. The Balaban J connectivity index is 0. The second-order valence-corrected chi connectivity index (χ2v) is 6.13. The Labute approximate surface area is 164 Å². The summed E-state index contributed by atoms with van der Waals surface area (Å²) in [6, 6.07) is 6.94. The van der Waals surface area contributed by atoms with E-state index in [0.29, 0.717) is 18.9 Å². The maximum Gasteiger partial charge on any atom is 0.241 e. The topological polar surface area (TPSA) is 67.6 Å². The highest BCUT2D eigenvalue weighted by atomic mass is 35.5. The summed E-state index contributed by atoms with van der Waals surface area (Å²) in [5.41, 5.74) is 6.62. The first-order chi connectivity index (χ1) is 11.0. The summed E-state index contributed by atoms with van der Waals surface area (Å²) < 4.78 is 5.72. The van der Waals surface area contributed by atoms with Crippen LogP contribution in [0, 0.1) is 5.92 Å². The molecule has 0 bridgehead atoms. The minimum absolute atomic E-state index is 0. The van der Waals surface area contributed by atoms with Crippen molar-refractivity contribution in [3.05, 3.63) is 24.3 Å². The van der Waals surface area contributed by atoms with E-state index in [-0.39, 0.29) is 30.7 Å². The number of nitrogens with one attached hydrogen (secondary N) is 1. The summed E-state index contributed by atoms with van der Waals surface area (Å²) in [6.45, 7) is 12.0. The van der Waals surface area contributed by atoms with E-state index in [4.69, 9.17) is 10.5 Å². The summed E-state index contributed by atoms with van der Waals surface area (Å²) >= 11 is 0. The fraction of sp³-hybridized carbons (Fsp3) is 0.611. The Morgan fingerprint density at radius 3 is 2.20 bits per heavy atom. The highest BCUT2D eigenvalue weighted by Gasteiger charge is 2.14. The molecule has 0 saturated heterocycles. The van der Waals surface area contributed by atoms with Crippen LogP contribution >= 0.6 is 24.8 Å². The van der Waals surface area contributed by atoms with Crippen LogP contribution in [0.15, 0.2) is 24.3 Å². The molecule has 0 aliphatic carbocycles. The molecular formula is C18H33Cl2N3O2. The molecule has 0 unspecified atom stereocenters. The normalized spacial score (nSPS) is 11.5. The largest absolute Gasteiger partial charge is 0.492 e. The predicted molar refractivity (Wildman–Crippen MR) is 110 cm³/mol. The fourth-order valence-corrected chi connectivity index (χ4v) is 2.32. The molecule has 0 radical (unpaired) electrons. The zero-order valence-electron chi connectivity index (χ0n) is 15.7. The number of anilines is 1. The van der Waals surface area contributed by atoms with Gasteiger partial charge >= 0.3 is 0 Å². The van der Waals surface area contributed by atoms with Crippen molar-refractivity contribution in [1.82, 2.24) is 4.90 Å². The smallest absolute Gasteiger partial charge is 0.241 e. The van der Waals surface area contributed by atoms with Gasteiger partial charge in [-0.1, -0.05) is 27.7 Å². The highest BCUT2D eigenvalue weighted by molar-refractivity contribution is 5.94. The van der Waals surface area contributed by atoms with Crippen LogP contribution in [0.1, 0.15) is 34.1 Å².